The van der Waals surface area contributed by atoms with E-state index in [1.807, 2.05) is 0 Å². The van der Waals surface area contributed by atoms with E-state index >= 15 is 0 Å². The molecule has 0 radical (unpaired) electrons. The summed E-state index contributed by atoms with van der Waals surface area (Å²) in [5.74, 6) is 0.910. The number of unbranched alkanes of at least 4 members (excludes halogenated alkanes) is 40. The summed E-state index contributed by atoms with van der Waals surface area (Å²) in [5.41, 5.74) is 0. The van der Waals surface area contributed by atoms with Crippen molar-refractivity contribution in [2.24, 2.45) is 11.8 Å². The van der Waals surface area contributed by atoms with Crippen LogP contribution < -0.4 is 0 Å². The largest absolute Gasteiger partial charge is 0.462 e. The third-order valence-corrected chi connectivity index (χ3v) is 14.6. The number of rotatable bonds is 56. The highest BCUT2D eigenvalue weighted by Gasteiger charge is 2.19. The summed E-state index contributed by atoms with van der Waals surface area (Å²) in [6.07, 6.45) is 59.4. The number of hydrogen-bond acceptors (Lipinski definition) is 6. The van der Waals surface area contributed by atoms with Gasteiger partial charge in [0.25, 0.3) is 0 Å². The van der Waals surface area contributed by atoms with Crippen molar-refractivity contribution in [2.75, 3.05) is 13.2 Å². The minimum absolute atomic E-state index is 0.0621. The fraction of sp³-hybridized carbons (Fsp3) is 0.952. The number of hydrogen-bond donors (Lipinski definition) is 0. The zero-order valence-corrected chi connectivity index (χ0v) is 46.7. The van der Waals surface area contributed by atoms with Crippen molar-refractivity contribution in [1.82, 2.24) is 0 Å². The third kappa shape index (κ3) is 53.8. The van der Waals surface area contributed by atoms with Gasteiger partial charge in [-0.2, -0.15) is 0 Å². The minimum atomic E-state index is -0.763. The average molecular weight is 962 g/mol. The topological polar surface area (TPSA) is 78.9 Å². The molecule has 0 fully saturated rings. The smallest absolute Gasteiger partial charge is 0.306 e. The quantitative estimate of drug-likeness (QED) is 0.0343. The van der Waals surface area contributed by atoms with Crippen LogP contribution in [0.4, 0.5) is 0 Å². The molecule has 0 aliphatic rings. The van der Waals surface area contributed by atoms with Gasteiger partial charge in [0.15, 0.2) is 6.10 Å². The van der Waals surface area contributed by atoms with Crippen molar-refractivity contribution in [3.8, 4) is 0 Å². The summed E-state index contributed by atoms with van der Waals surface area (Å²) in [5, 5.41) is 0. The Bertz CT molecular complexity index is 1040. The Morgan fingerprint density at radius 1 is 0.309 bits per heavy atom. The summed E-state index contributed by atoms with van der Waals surface area (Å²) in [6.45, 7) is 11.5. The van der Waals surface area contributed by atoms with Crippen LogP contribution >= 0.6 is 0 Å². The van der Waals surface area contributed by atoms with Crippen LogP contribution in [0.2, 0.25) is 0 Å². The van der Waals surface area contributed by atoms with Gasteiger partial charge in [-0.25, -0.2) is 0 Å². The second-order valence-corrected chi connectivity index (χ2v) is 22.1. The summed E-state index contributed by atoms with van der Waals surface area (Å²) in [7, 11) is 0. The summed E-state index contributed by atoms with van der Waals surface area (Å²) < 4.78 is 16.9. The molecule has 6 heteroatoms. The monoisotopic (exact) mass is 961 g/mol. The maximum atomic E-state index is 12.9. The van der Waals surface area contributed by atoms with Crippen LogP contribution in [0.25, 0.3) is 0 Å². The van der Waals surface area contributed by atoms with Crippen molar-refractivity contribution in [3.63, 3.8) is 0 Å². The van der Waals surface area contributed by atoms with Gasteiger partial charge in [0.05, 0.1) is 0 Å². The molecule has 0 aromatic heterocycles. The Hall–Kier alpha value is -1.59. The standard InChI is InChI=1S/C62H120O6/c1-6-8-9-10-11-12-13-14-22-27-32-37-42-47-52-60(63)66-55-59(68-62(65)54-49-44-39-34-29-24-19-18-21-26-31-36-41-46-51-58(5)7-2)56-67-61(64)53-48-43-38-33-28-23-17-15-16-20-25-30-35-40-45-50-57(3)4/h57-59H,6-56H2,1-5H3/t58?,59-/m1/s1. The van der Waals surface area contributed by atoms with Crippen molar-refractivity contribution in [2.45, 2.75) is 355 Å². The molecule has 1 unspecified atom stereocenters. The van der Waals surface area contributed by atoms with Crippen LogP contribution in [0.1, 0.15) is 349 Å². The molecular formula is C62H120O6. The molecule has 0 aliphatic heterocycles. The minimum Gasteiger partial charge on any atom is -0.462 e. The molecule has 0 saturated heterocycles. The van der Waals surface area contributed by atoms with E-state index in [1.54, 1.807) is 0 Å². The first-order chi connectivity index (χ1) is 33.3. The van der Waals surface area contributed by atoms with Gasteiger partial charge < -0.3 is 14.2 Å². The molecule has 0 spiro atoms. The molecule has 404 valence electrons. The fourth-order valence-corrected chi connectivity index (χ4v) is 9.55. The average Bonchev–Trinajstić information content (AvgIpc) is 3.32. The highest BCUT2D eigenvalue weighted by molar-refractivity contribution is 5.71. The maximum absolute atomic E-state index is 12.9. The Morgan fingerprint density at radius 3 is 0.838 bits per heavy atom. The van der Waals surface area contributed by atoms with E-state index in [0.29, 0.717) is 19.3 Å². The lowest BCUT2D eigenvalue weighted by molar-refractivity contribution is -0.167. The van der Waals surface area contributed by atoms with Crippen molar-refractivity contribution in [1.29, 1.82) is 0 Å². The van der Waals surface area contributed by atoms with Crippen molar-refractivity contribution in [3.05, 3.63) is 0 Å². The number of esters is 3. The highest BCUT2D eigenvalue weighted by Crippen LogP contribution is 2.19. The second-order valence-electron chi connectivity index (χ2n) is 22.1. The van der Waals surface area contributed by atoms with E-state index in [1.165, 1.54) is 238 Å². The molecule has 0 bridgehead atoms. The van der Waals surface area contributed by atoms with E-state index in [9.17, 15) is 14.4 Å². The van der Waals surface area contributed by atoms with Crippen molar-refractivity contribution < 1.29 is 28.6 Å². The van der Waals surface area contributed by atoms with Gasteiger partial charge in [-0.15, -0.1) is 0 Å². The lowest BCUT2D eigenvalue weighted by Crippen LogP contribution is -2.30. The molecular weight excluding hydrogens is 841 g/mol. The molecule has 0 heterocycles. The molecule has 0 saturated carbocycles. The molecule has 0 aromatic carbocycles. The van der Waals surface area contributed by atoms with Gasteiger partial charge in [0, 0.05) is 19.3 Å². The number of carbonyl (C=O) groups is 3. The van der Waals surface area contributed by atoms with E-state index in [-0.39, 0.29) is 31.1 Å². The lowest BCUT2D eigenvalue weighted by atomic mass is 9.99. The van der Waals surface area contributed by atoms with Crippen LogP contribution in [0.5, 0.6) is 0 Å². The third-order valence-electron chi connectivity index (χ3n) is 14.6. The molecule has 68 heavy (non-hydrogen) atoms. The summed E-state index contributed by atoms with van der Waals surface area (Å²) in [4.78, 5) is 38.2. The first-order valence-corrected chi connectivity index (χ1v) is 30.8. The fourth-order valence-electron chi connectivity index (χ4n) is 9.55. The lowest BCUT2D eigenvalue weighted by Gasteiger charge is -2.18. The molecule has 0 aromatic rings. The second kappa shape index (κ2) is 54.7. The van der Waals surface area contributed by atoms with Gasteiger partial charge in [0.2, 0.25) is 0 Å². The molecule has 0 rings (SSSR count). The SMILES string of the molecule is CCCCCCCCCCCCCCCCC(=O)OC[C@H](COC(=O)CCCCCCCCCCCCCCCCCC(C)C)OC(=O)CCCCCCCCCCCCCCCCC(C)CC. The van der Waals surface area contributed by atoms with Crippen LogP contribution in [-0.2, 0) is 28.6 Å². The summed E-state index contributed by atoms with van der Waals surface area (Å²) >= 11 is 0. The maximum Gasteiger partial charge on any atom is 0.306 e. The Balaban J connectivity index is 4.29. The Kier molecular flexibility index (Phi) is 53.5. The van der Waals surface area contributed by atoms with Gasteiger partial charge in [-0.1, -0.05) is 311 Å². The van der Waals surface area contributed by atoms with E-state index in [2.05, 4.69) is 34.6 Å². The predicted octanol–water partition coefficient (Wildman–Crippen LogP) is 20.4. The van der Waals surface area contributed by atoms with Gasteiger partial charge >= 0.3 is 17.9 Å². The normalized spacial score (nSPS) is 12.4. The van der Waals surface area contributed by atoms with Crippen molar-refractivity contribution >= 4 is 17.9 Å². The molecule has 6 nitrogen and oxygen atoms in total. The highest BCUT2D eigenvalue weighted by atomic mass is 16.6. The van der Waals surface area contributed by atoms with E-state index in [0.717, 1.165) is 69.6 Å². The zero-order chi connectivity index (χ0) is 49.6. The zero-order valence-electron chi connectivity index (χ0n) is 46.7. The first-order valence-electron chi connectivity index (χ1n) is 30.8. The molecule has 0 N–H and O–H groups in total. The molecule has 0 aliphatic carbocycles. The molecule has 2 atom stereocenters. The predicted molar refractivity (Wildman–Crippen MR) is 293 cm³/mol. The number of ether oxygens (including phenoxy) is 3. The van der Waals surface area contributed by atoms with Crippen LogP contribution in [0.3, 0.4) is 0 Å². The van der Waals surface area contributed by atoms with Gasteiger partial charge in [-0.05, 0) is 31.1 Å². The van der Waals surface area contributed by atoms with Crippen LogP contribution in [0.15, 0.2) is 0 Å². The summed E-state index contributed by atoms with van der Waals surface area (Å²) in [6, 6.07) is 0. The Morgan fingerprint density at radius 2 is 0.559 bits per heavy atom. The van der Waals surface area contributed by atoms with Crippen LogP contribution in [0, 0.1) is 11.8 Å². The first kappa shape index (κ1) is 66.4. The number of carbonyl (C=O) groups excluding carboxylic acids is 3. The van der Waals surface area contributed by atoms with Crippen LogP contribution in [-0.4, -0.2) is 37.2 Å². The van der Waals surface area contributed by atoms with E-state index < -0.39 is 6.10 Å². The van der Waals surface area contributed by atoms with Gasteiger partial charge in [0.1, 0.15) is 13.2 Å². The van der Waals surface area contributed by atoms with Gasteiger partial charge in [-0.3, -0.25) is 14.4 Å². The molecule has 0 amide bonds. The van der Waals surface area contributed by atoms with E-state index in [4.69, 9.17) is 14.2 Å². The Labute approximate surface area is 425 Å².